The van der Waals surface area contributed by atoms with Crippen LogP contribution < -0.4 is 10.8 Å². The maximum atomic E-state index is 13.4. The van der Waals surface area contributed by atoms with E-state index in [-0.39, 0.29) is 12.0 Å². The molecular weight excluding hydrogens is 436 g/mol. The molecule has 3 N–H and O–H groups in total. The second-order valence-electron chi connectivity index (χ2n) is 9.35. The lowest BCUT2D eigenvalue weighted by Crippen LogP contribution is -2.54. The van der Waals surface area contributed by atoms with Gasteiger partial charge in [-0.05, 0) is 43.0 Å². The molecule has 1 unspecified atom stereocenters. The largest absolute Gasteiger partial charge is 0.461 e. The molecule has 0 radical (unpaired) electrons. The SMILES string of the molecule is CC(C)C[C@@H](C(=O)NC(C(=O)OC(C)C)C(C)(C)C)[C@H](CSc1cccs1)C(=O)NO. The number of carbonyl (C=O) groups excluding carboxylic acids is 3. The van der Waals surface area contributed by atoms with Crippen LogP contribution in [0.5, 0.6) is 0 Å². The van der Waals surface area contributed by atoms with Crippen molar-refractivity contribution in [2.24, 2.45) is 23.2 Å². The molecule has 9 heteroatoms. The highest BCUT2D eigenvalue weighted by molar-refractivity contribution is 8.01. The van der Waals surface area contributed by atoms with E-state index in [1.807, 2.05) is 52.1 Å². The van der Waals surface area contributed by atoms with Crippen LogP contribution >= 0.6 is 23.1 Å². The molecule has 1 heterocycles. The molecule has 0 bridgehead atoms. The minimum atomic E-state index is -0.861. The lowest BCUT2D eigenvalue weighted by atomic mass is 9.82. The van der Waals surface area contributed by atoms with Crippen LogP contribution in [-0.4, -0.2) is 40.9 Å². The van der Waals surface area contributed by atoms with E-state index in [1.54, 1.807) is 30.7 Å². The van der Waals surface area contributed by atoms with Gasteiger partial charge in [-0.15, -0.1) is 23.1 Å². The Labute approximate surface area is 193 Å². The highest BCUT2D eigenvalue weighted by Crippen LogP contribution is 2.31. The standard InChI is InChI=1S/C22H36N2O5S2/c1-13(2)11-15(16(20(26)24-28)12-31-17-9-8-10-30-17)19(25)23-18(22(5,6)7)21(27)29-14(3)4/h8-10,13-16,18,28H,11-12H2,1-7H3,(H,23,25)(H,24,26)/t15-,16+,18?/m1/s1. The first-order valence-corrected chi connectivity index (χ1v) is 12.3. The molecule has 0 aromatic carbocycles. The number of nitrogens with one attached hydrogen (secondary N) is 2. The van der Waals surface area contributed by atoms with Gasteiger partial charge in [0.25, 0.3) is 0 Å². The second kappa shape index (κ2) is 12.5. The van der Waals surface area contributed by atoms with Gasteiger partial charge in [-0.2, -0.15) is 0 Å². The molecular formula is C22H36N2O5S2. The molecule has 1 aromatic heterocycles. The van der Waals surface area contributed by atoms with Crippen LogP contribution in [0.15, 0.2) is 21.7 Å². The van der Waals surface area contributed by atoms with E-state index < -0.39 is 41.1 Å². The summed E-state index contributed by atoms with van der Waals surface area (Å²) in [6.45, 7) is 13.0. The van der Waals surface area contributed by atoms with Crippen LogP contribution in [0.1, 0.15) is 54.9 Å². The maximum absolute atomic E-state index is 13.4. The van der Waals surface area contributed by atoms with Gasteiger partial charge in [0.1, 0.15) is 6.04 Å². The van der Waals surface area contributed by atoms with Crippen molar-refractivity contribution in [1.82, 2.24) is 10.8 Å². The highest BCUT2D eigenvalue weighted by atomic mass is 32.2. The van der Waals surface area contributed by atoms with Crippen LogP contribution in [-0.2, 0) is 19.1 Å². The first-order valence-electron chi connectivity index (χ1n) is 10.5. The Bertz CT molecular complexity index is 714. The van der Waals surface area contributed by atoms with Gasteiger partial charge >= 0.3 is 5.97 Å². The van der Waals surface area contributed by atoms with E-state index in [1.165, 1.54) is 11.8 Å². The fourth-order valence-corrected chi connectivity index (χ4v) is 5.11. The van der Waals surface area contributed by atoms with Gasteiger partial charge in [0, 0.05) is 5.75 Å². The van der Waals surface area contributed by atoms with Crippen molar-refractivity contribution in [3.05, 3.63) is 17.5 Å². The van der Waals surface area contributed by atoms with Crippen molar-refractivity contribution in [2.75, 3.05) is 5.75 Å². The fraction of sp³-hybridized carbons (Fsp3) is 0.682. The van der Waals surface area contributed by atoms with Crippen molar-refractivity contribution in [2.45, 2.75) is 71.2 Å². The van der Waals surface area contributed by atoms with E-state index in [0.29, 0.717) is 12.2 Å². The molecule has 0 saturated carbocycles. The minimum Gasteiger partial charge on any atom is -0.461 e. The minimum absolute atomic E-state index is 0.132. The molecule has 7 nitrogen and oxygen atoms in total. The van der Waals surface area contributed by atoms with Crippen LogP contribution in [0.2, 0.25) is 0 Å². The summed E-state index contributed by atoms with van der Waals surface area (Å²) in [5, 5.41) is 14.1. The molecule has 0 aliphatic carbocycles. The summed E-state index contributed by atoms with van der Waals surface area (Å²) >= 11 is 3.01. The zero-order valence-electron chi connectivity index (χ0n) is 19.4. The number of hydroxylamine groups is 1. The molecule has 1 aromatic rings. The fourth-order valence-electron chi connectivity index (χ4n) is 3.12. The van der Waals surface area contributed by atoms with Crippen molar-refractivity contribution in [3.8, 4) is 0 Å². The van der Waals surface area contributed by atoms with Gasteiger partial charge in [0.05, 0.1) is 22.1 Å². The Hall–Kier alpha value is -1.58. The average molecular weight is 473 g/mol. The topological polar surface area (TPSA) is 105 Å². The third-order valence-electron chi connectivity index (χ3n) is 4.64. The Kier molecular flexibility index (Phi) is 11.0. The zero-order chi connectivity index (χ0) is 23.8. The van der Waals surface area contributed by atoms with Gasteiger partial charge in [-0.25, -0.2) is 10.3 Å². The molecule has 176 valence electrons. The third-order valence-corrected chi connectivity index (χ3v) is 6.89. The molecule has 0 aliphatic heterocycles. The van der Waals surface area contributed by atoms with Crippen LogP contribution in [0.25, 0.3) is 0 Å². The lowest BCUT2D eigenvalue weighted by Gasteiger charge is -2.33. The Morgan fingerprint density at radius 2 is 1.77 bits per heavy atom. The van der Waals surface area contributed by atoms with Gasteiger partial charge in [0.15, 0.2) is 0 Å². The molecule has 1 rings (SSSR count). The predicted molar refractivity (Wildman–Crippen MR) is 124 cm³/mol. The van der Waals surface area contributed by atoms with Crippen molar-refractivity contribution in [1.29, 1.82) is 0 Å². The summed E-state index contributed by atoms with van der Waals surface area (Å²) in [5.41, 5.74) is 1.14. The lowest BCUT2D eigenvalue weighted by molar-refractivity contribution is -0.155. The monoisotopic (exact) mass is 472 g/mol. The number of hydrogen-bond donors (Lipinski definition) is 3. The van der Waals surface area contributed by atoms with Crippen molar-refractivity contribution in [3.63, 3.8) is 0 Å². The van der Waals surface area contributed by atoms with Gasteiger partial charge in [-0.3, -0.25) is 14.8 Å². The normalized spacial score (nSPS) is 14.8. The molecule has 2 amide bonds. The number of rotatable bonds is 11. The Balaban J connectivity index is 3.14. The van der Waals surface area contributed by atoms with E-state index in [2.05, 4.69) is 5.32 Å². The number of hydrogen-bond acceptors (Lipinski definition) is 7. The molecule has 0 saturated heterocycles. The highest BCUT2D eigenvalue weighted by Gasteiger charge is 2.40. The van der Waals surface area contributed by atoms with E-state index >= 15 is 0 Å². The molecule has 3 atom stereocenters. The first kappa shape index (κ1) is 27.5. The molecule has 0 fully saturated rings. The number of carbonyl (C=O) groups is 3. The number of thiophene rings is 1. The first-order chi connectivity index (χ1) is 14.4. The van der Waals surface area contributed by atoms with Crippen LogP contribution in [0.3, 0.4) is 0 Å². The summed E-state index contributed by atoms with van der Waals surface area (Å²) in [4.78, 5) is 38.5. The predicted octanol–water partition coefficient (Wildman–Crippen LogP) is 4.11. The zero-order valence-corrected chi connectivity index (χ0v) is 21.1. The smallest absolute Gasteiger partial charge is 0.329 e. The van der Waals surface area contributed by atoms with Gasteiger partial charge < -0.3 is 10.1 Å². The number of thioether (sulfide) groups is 1. The molecule has 0 spiro atoms. The van der Waals surface area contributed by atoms with E-state index in [4.69, 9.17) is 4.74 Å². The van der Waals surface area contributed by atoms with Gasteiger partial charge in [0.2, 0.25) is 11.8 Å². The average Bonchev–Trinajstić information content (AvgIpc) is 3.16. The molecule has 0 aliphatic rings. The van der Waals surface area contributed by atoms with Gasteiger partial charge in [-0.1, -0.05) is 40.7 Å². The maximum Gasteiger partial charge on any atom is 0.329 e. The van der Waals surface area contributed by atoms with E-state index in [9.17, 15) is 19.6 Å². The second-order valence-corrected chi connectivity index (χ2v) is 11.6. The van der Waals surface area contributed by atoms with Crippen molar-refractivity contribution >= 4 is 40.9 Å². The Morgan fingerprint density at radius 3 is 2.23 bits per heavy atom. The number of ether oxygens (including phenoxy) is 1. The summed E-state index contributed by atoms with van der Waals surface area (Å²) in [7, 11) is 0. The Morgan fingerprint density at radius 1 is 1.13 bits per heavy atom. The summed E-state index contributed by atoms with van der Waals surface area (Å²) in [6.07, 6.45) is 0.126. The number of amides is 2. The van der Waals surface area contributed by atoms with E-state index in [0.717, 1.165) is 4.21 Å². The van der Waals surface area contributed by atoms with Crippen molar-refractivity contribution < 1.29 is 24.3 Å². The third kappa shape index (κ3) is 9.21. The van der Waals surface area contributed by atoms with Crippen LogP contribution in [0.4, 0.5) is 0 Å². The summed E-state index contributed by atoms with van der Waals surface area (Å²) in [5.74, 6) is -2.52. The molecule has 31 heavy (non-hydrogen) atoms. The quantitative estimate of drug-likeness (QED) is 0.194. The summed E-state index contributed by atoms with van der Waals surface area (Å²) in [6, 6.07) is 3.00. The van der Waals surface area contributed by atoms with Crippen LogP contribution in [0, 0.1) is 23.2 Å². The number of esters is 1. The summed E-state index contributed by atoms with van der Waals surface area (Å²) < 4.78 is 6.37.